The van der Waals surface area contributed by atoms with Gasteiger partial charge in [0, 0.05) is 5.39 Å². The smallest absolute Gasteiger partial charge is 0.276 e. The molecule has 2 N–H and O–H groups in total. The monoisotopic (exact) mass is 427 g/mol. The zero-order valence-electron chi connectivity index (χ0n) is 16.8. The standard InChI is InChI=1S/C25H21N3O2S/c29-24(26-20-14-7-9-16-8-1-2-10-17(16)20)18-11-3-5-13-21(18)27-25(30)23-19-12-4-6-15-22(19)31-28-23/h1-6,8,10-13,15,20H,7,9,14H2,(H,26,29)(H,27,30)/t20-/m1/s1. The molecule has 0 saturated heterocycles. The summed E-state index contributed by atoms with van der Waals surface area (Å²) in [5.74, 6) is -0.513. The maximum atomic E-state index is 13.1. The fraction of sp³-hybridized carbons (Fsp3) is 0.160. The molecule has 0 spiro atoms. The maximum absolute atomic E-state index is 13.1. The molecule has 4 aromatic rings. The van der Waals surface area contributed by atoms with Crippen LogP contribution in [0.15, 0.2) is 72.8 Å². The van der Waals surface area contributed by atoms with Gasteiger partial charge >= 0.3 is 0 Å². The zero-order valence-corrected chi connectivity index (χ0v) is 17.6. The highest BCUT2D eigenvalue weighted by atomic mass is 32.1. The summed E-state index contributed by atoms with van der Waals surface area (Å²) in [4.78, 5) is 26.1. The van der Waals surface area contributed by atoms with Crippen LogP contribution in [0.1, 0.15) is 50.9 Å². The van der Waals surface area contributed by atoms with E-state index in [4.69, 9.17) is 0 Å². The van der Waals surface area contributed by atoms with Crippen LogP contribution in [0.5, 0.6) is 0 Å². The molecule has 6 heteroatoms. The molecule has 2 amide bonds. The summed E-state index contributed by atoms with van der Waals surface area (Å²) < 4.78 is 5.27. The number of carbonyl (C=O) groups is 2. The Kier molecular flexibility index (Phi) is 5.22. The average Bonchev–Trinajstić information content (AvgIpc) is 3.24. The summed E-state index contributed by atoms with van der Waals surface area (Å²) in [5, 5.41) is 6.86. The normalized spacial score (nSPS) is 15.3. The van der Waals surface area contributed by atoms with E-state index in [0.717, 1.165) is 29.3 Å². The fourth-order valence-electron chi connectivity index (χ4n) is 4.16. The molecule has 1 atom stereocenters. The number of para-hydroxylation sites is 1. The number of benzene rings is 3. The van der Waals surface area contributed by atoms with E-state index in [-0.39, 0.29) is 17.9 Å². The molecule has 0 fully saturated rings. The van der Waals surface area contributed by atoms with Crippen molar-refractivity contribution >= 4 is 39.1 Å². The predicted octanol–water partition coefficient (Wildman–Crippen LogP) is 5.36. The maximum Gasteiger partial charge on any atom is 0.276 e. The quantitative estimate of drug-likeness (QED) is 0.461. The lowest BCUT2D eigenvalue weighted by Crippen LogP contribution is -2.31. The number of nitrogens with zero attached hydrogens (tertiary/aromatic N) is 1. The fourth-order valence-corrected chi connectivity index (χ4v) is 4.93. The van der Waals surface area contributed by atoms with Crippen LogP contribution >= 0.6 is 11.5 Å². The van der Waals surface area contributed by atoms with Gasteiger partial charge in [-0.1, -0.05) is 54.6 Å². The lowest BCUT2D eigenvalue weighted by molar-refractivity contribution is 0.0933. The molecule has 5 rings (SSSR count). The second-order valence-electron chi connectivity index (χ2n) is 7.64. The van der Waals surface area contributed by atoms with Crippen LogP contribution in [0.25, 0.3) is 10.1 Å². The molecule has 1 aliphatic rings. The van der Waals surface area contributed by atoms with Gasteiger partial charge in [-0.25, -0.2) is 0 Å². The summed E-state index contributed by atoms with van der Waals surface area (Å²) in [5.41, 5.74) is 3.76. The number of anilines is 1. The third-order valence-electron chi connectivity index (χ3n) is 5.69. The molecule has 0 radical (unpaired) electrons. The molecule has 0 unspecified atom stereocenters. The lowest BCUT2D eigenvalue weighted by atomic mass is 9.87. The number of aryl methyl sites for hydroxylation is 1. The molecule has 154 valence electrons. The van der Waals surface area contributed by atoms with Crippen LogP contribution in [-0.4, -0.2) is 16.2 Å². The number of carbonyl (C=O) groups excluding carboxylic acids is 2. The molecule has 0 bridgehead atoms. The van der Waals surface area contributed by atoms with Gasteiger partial charge in [0.05, 0.1) is 22.0 Å². The van der Waals surface area contributed by atoms with Crippen LogP contribution in [0, 0.1) is 0 Å². The minimum atomic E-state index is -0.319. The molecule has 0 saturated carbocycles. The van der Waals surface area contributed by atoms with E-state index >= 15 is 0 Å². The molecule has 1 aromatic heterocycles. The van der Waals surface area contributed by atoms with Gasteiger partial charge in [-0.2, -0.15) is 4.37 Å². The summed E-state index contributed by atoms with van der Waals surface area (Å²) in [6.45, 7) is 0. The molecule has 1 heterocycles. The Morgan fingerprint density at radius 1 is 0.903 bits per heavy atom. The van der Waals surface area contributed by atoms with Gasteiger partial charge in [0.2, 0.25) is 0 Å². The number of nitrogens with one attached hydrogen (secondary N) is 2. The van der Waals surface area contributed by atoms with Crippen LogP contribution in [0.3, 0.4) is 0 Å². The summed E-state index contributed by atoms with van der Waals surface area (Å²) >= 11 is 1.29. The highest BCUT2D eigenvalue weighted by Crippen LogP contribution is 2.30. The second kappa shape index (κ2) is 8.32. The van der Waals surface area contributed by atoms with Crippen molar-refractivity contribution in [2.24, 2.45) is 0 Å². The van der Waals surface area contributed by atoms with Crippen molar-refractivity contribution in [3.8, 4) is 0 Å². The van der Waals surface area contributed by atoms with E-state index in [1.165, 1.54) is 22.7 Å². The Labute approximate surface area is 184 Å². The van der Waals surface area contributed by atoms with Gasteiger partial charge in [0.25, 0.3) is 11.8 Å². The number of aromatic nitrogens is 1. The van der Waals surface area contributed by atoms with Crippen molar-refractivity contribution in [3.05, 3.63) is 95.2 Å². The lowest BCUT2D eigenvalue weighted by Gasteiger charge is -2.26. The van der Waals surface area contributed by atoms with Gasteiger partial charge in [-0.3, -0.25) is 9.59 Å². The number of fused-ring (bicyclic) bond motifs is 2. The Morgan fingerprint density at radius 2 is 1.68 bits per heavy atom. The Bertz CT molecular complexity index is 1280. The Morgan fingerprint density at radius 3 is 2.61 bits per heavy atom. The number of hydrogen-bond acceptors (Lipinski definition) is 4. The van der Waals surface area contributed by atoms with Crippen LogP contribution < -0.4 is 10.6 Å². The number of hydrogen-bond donors (Lipinski definition) is 2. The van der Waals surface area contributed by atoms with Crippen molar-refractivity contribution in [2.75, 3.05) is 5.32 Å². The van der Waals surface area contributed by atoms with Crippen LogP contribution in [0.4, 0.5) is 5.69 Å². The molecule has 0 aliphatic heterocycles. The van der Waals surface area contributed by atoms with Crippen molar-refractivity contribution < 1.29 is 9.59 Å². The first kappa shape index (κ1) is 19.5. The third-order valence-corrected chi connectivity index (χ3v) is 6.51. The zero-order chi connectivity index (χ0) is 21.2. The number of amides is 2. The SMILES string of the molecule is O=C(N[C@@H]1CCCc2ccccc21)c1ccccc1NC(=O)c1nsc2ccccc12. The molecular weight excluding hydrogens is 406 g/mol. The summed E-state index contributed by atoms with van der Waals surface area (Å²) in [6.07, 6.45) is 2.98. The molecule has 1 aliphatic carbocycles. The second-order valence-corrected chi connectivity index (χ2v) is 8.45. The van der Waals surface area contributed by atoms with Crippen LogP contribution in [0.2, 0.25) is 0 Å². The molecule has 31 heavy (non-hydrogen) atoms. The topological polar surface area (TPSA) is 71.1 Å². The Balaban J connectivity index is 1.38. The van der Waals surface area contributed by atoms with Crippen molar-refractivity contribution in [3.63, 3.8) is 0 Å². The van der Waals surface area contributed by atoms with Crippen molar-refractivity contribution in [2.45, 2.75) is 25.3 Å². The van der Waals surface area contributed by atoms with Gasteiger partial charge < -0.3 is 10.6 Å². The first-order chi connectivity index (χ1) is 15.2. The van der Waals surface area contributed by atoms with Gasteiger partial charge in [0.1, 0.15) is 5.69 Å². The minimum absolute atomic E-state index is 0.0244. The van der Waals surface area contributed by atoms with Crippen molar-refractivity contribution in [1.29, 1.82) is 0 Å². The third kappa shape index (κ3) is 3.82. The van der Waals surface area contributed by atoms with E-state index in [2.05, 4.69) is 27.1 Å². The summed E-state index contributed by atoms with van der Waals surface area (Å²) in [7, 11) is 0. The predicted molar refractivity (Wildman–Crippen MR) is 124 cm³/mol. The molecule has 5 nitrogen and oxygen atoms in total. The van der Waals surface area contributed by atoms with Crippen LogP contribution in [-0.2, 0) is 6.42 Å². The van der Waals surface area contributed by atoms with E-state index in [1.807, 2.05) is 42.5 Å². The molecule has 3 aromatic carbocycles. The van der Waals surface area contributed by atoms with Gasteiger partial charge in [-0.15, -0.1) is 0 Å². The number of rotatable bonds is 4. The highest BCUT2D eigenvalue weighted by molar-refractivity contribution is 7.13. The van der Waals surface area contributed by atoms with Gasteiger partial charge in [0.15, 0.2) is 0 Å². The highest BCUT2D eigenvalue weighted by Gasteiger charge is 2.23. The van der Waals surface area contributed by atoms with E-state index in [9.17, 15) is 9.59 Å². The minimum Gasteiger partial charge on any atom is -0.345 e. The average molecular weight is 428 g/mol. The van der Waals surface area contributed by atoms with E-state index < -0.39 is 0 Å². The van der Waals surface area contributed by atoms with E-state index in [1.54, 1.807) is 18.2 Å². The van der Waals surface area contributed by atoms with E-state index in [0.29, 0.717) is 16.9 Å². The first-order valence-corrected chi connectivity index (χ1v) is 11.1. The first-order valence-electron chi connectivity index (χ1n) is 10.3. The van der Waals surface area contributed by atoms with Crippen molar-refractivity contribution in [1.82, 2.24) is 9.69 Å². The summed E-state index contributed by atoms with van der Waals surface area (Å²) in [6, 6.07) is 23.0. The largest absolute Gasteiger partial charge is 0.345 e. The molecular formula is C25H21N3O2S. The van der Waals surface area contributed by atoms with Gasteiger partial charge in [-0.05, 0) is 60.1 Å². The Hall–Kier alpha value is -3.51.